The molecule has 2 rings (SSSR count). The monoisotopic (exact) mass is 196 g/mol. The van der Waals surface area contributed by atoms with Crippen molar-refractivity contribution in [3.63, 3.8) is 0 Å². The third-order valence-corrected chi connectivity index (χ3v) is 3.86. The van der Waals surface area contributed by atoms with Gasteiger partial charge in [-0.05, 0) is 37.1 Å². The third-order valence-electron chi connectivity index (χ3n) is 3.86. The maximum atomic E-state index is 11.6. The molecule has 1 aliphatic carbocycles. The zero-order chi connectivity index (χ0) is 10.2. The molecule has 80 valence electrons. The first-order valence-electron chi connectivity index (χ1n) is 5.67. The fourth-order valence-corrected chi connectivity index (χ4v) is 2.37. The molecule has 1 amide bonds. The van der Waals surface area contributed by atoms with E-state index < -0.39 is 0 Å². The number of nitrogens with two attached hydrogens (primary N) is 1. The lowest BCUT2D eigenvalue weighted by Gasteiger charge is -2.22. The lowest BCUT2D eigenvalue weighted by atomic mass is 10.0. The fourth-order valence-electron chi connectivity index (χ4n) is 2.37. The topological polar surface area (TPSA) is 46.3 Å². The highest BCUT2D eigenvalue weighted by Crippen LogP contribution is 2.49. The van der Waals surface area contributed by atoms with Crippen LogP contribution in [0.25, 0.3) is 0 Å². The van der Waals surface area contributed by atoms with Gasteiger partial charge in [0.2, 0.25) is 5.91 Å². The van der Waals surface area contributed by atoms with Crippen LogP contribution in [0.2, 0.25) is 0 Å². The molecule has 0 aromatic heterocycles. The van der Waals surface area contributed by atoms with Crippen LogP contribution in [0.15, 0.2) is 0 Å². The number of carbonyl (C=O) groups is 1. The van der Waals surface area contributed by atoms with E-state index in [9.17, 15) is 4.79 Å². The molecule has 1 atom stereocenters. The molecule has 1 unspecified atom stereocenters. The zero-order valence-corrected chi connectivity index (χ0v) is 8.96. The second-order valence-corrected chi connectivity index (χ2v) is 4.93. The highest BCUT2D eigenvalue weighted by molar-refractivity contribution is 5.78. The number of carbonyl (C=O) groups excluding carboxylic acids is 1. The Bertz CT molecular complexity index is 235. The molecule has 3 nitrogen and oxygen atoms in total. The summed E-state index contributed by atoms with van der Waals surface area (Å²) >= 11 is 0. The normalized spacial score (nSPS) is 29.7. The van der Waals surface area contributed by atoms with Gasteiger partial charge < -0.3 is 10.6 Å². The molecule has 0 spiro atoms. The Morgan fingerprint density at radius 2 is 2.29 bits per heavy atom. The van der Waals surface area contributed by atoms with E-state index in [0.29, 0.717) is 30.2 Å². The van der Waals surface area contributed by atoms with Gasteiger partial charge in [0.25, 0.3) is 0 Å². The smallest absolute Gasteiger partial charge is 0.222 e. The highest BCUT2D eigenvalue weighted by atomic mass is 16.2. The fraction of sp³-hybridized carbons (Fsp3) is 0.909. The second kappa shape index (κ2) is 3.54. The lowest BCUT2D eigenvalue weighted by Crippen LogP contribution is -2.32. The van der Waals surface area contributed by atoms with Crippen molar-refractivity contribution in [3.05, 3.63) is 0 Å². The molecule has 0 aromatic carbocycles. The average molecular weight is 196 g/mol. The first kappa shape index (κ1) is 9.97. The summed E-state index contributed by atoms with van der Waals surface area (Å²) in [6.07, 6.45) is 4.50. The number of hydrogen-bond acceptors (Lipinski definition) is 2. The van der Waals surface area contributed by atoms with Gasteiger partial charge in [-0.3, -0.25) is 4.79 Å². The Balaban J connectivity index is 1.89. The van der Waals surface area contributed by atoms with Crippen molar-refractivity contribution in [3.8, 4) is 0 Å². The van der Waals surface area contributed by atoms with E-state index >= 15 is 0 Å². The van der Waals surface area contributed by atoms with Crippen molar-refractivity contribution < 1.29 is 4.79 Å². The summed E-state index contributed by atoms with van der Waals surface area (Å²) in [5.41, 5.74) is 6.08. The molecule has 0 radical (unpaired) electrons. The van der Waals surface area contributed by atoms with Crippen LogP contribution < -0.4 is 5.73 Å². The molecule has 0 bridgehead atoms. The molecule has 0 aromatic rings. The highest BCUT2D eigenvalue weighted by Gasteiger charge is 2.44. The molecule has 3 heteroatoms. The number of likely N-dealkylation sites (tertiary alicyclic amines) is 1. The van der Waals surface area contributed by atoms with E-state index in [1.807, 2.05) is 4.90 Å². The van der Waals surface area contributed by atoms with E-state index in [1.54, 1.807) is 0 Å². The molecule has 2 N–H and O–H groups in total. The van der Waals surface area contributed by atoms with Crippen molar-refractivity contribution in [1.29, 1.82) is 0 Å². The van der Waals surface area contributed by atoms with Crippen LogP contribution in [0.4, 0.5) is 0 Å². The lowest BCUT2D eigenvalue weighted by molar-refractivity contribution is -0.128. The van der Waals surface area contributed by atoms with Gasteiger partial charge in [0, 0.05) is 19.5 Å². The number of hydrogen-bond donors (Lipinski definition) is 1. The van der Waals surface area contributed by atoms with Gasteiger partial charge in [-0.2, -0.15) is 0 Å². The minimum Gasteiger partial charge on any atom is -0.342 e. The second-order valence-electron chi connectivity index (χ2n) is 4.93. The maximum Gasteiger partial charge on any atom is 0.222 e. The Morgan fingerprint density at radius 3 is 2.71 bits per heavy atom. The summed E-state index contributed by atoms with van der Waals surface area (Å²) in [6.45, 7) is 4.77. The Kier molecular flexibility index (Phi) is 2.52. The minimum absolute atomic E-state index is 0.320. The van der Waals surface area contributed by atoms with Crippen LogP contribution in [0.1, 0.15) is 32.6 Å². The maximum absolute atomic E-state index is 11.6. The summed E-state index contributed by atoms with van der Waals surface area (Å²) in [4.78, 5) is 13.7. The number of nitrogens with zero attached hydrogens (tertiary/aromatic N) is 1. The molecular weight excluding hydrogens is 176 g/mol. The first-order valence-corrected chi connectivity index (χ1v) is 5.67. The van der Waals surface area contributed by atoms with Crippen molar-refractivity contribution in [2.45, 2.75) is 32.6 Å². The summed E-state index contributed by atoms with van der Waals surface area (Å²) in [5, 5.41) is 0. The van der Waals surface area contributed by atoms with Gasteiger partial charge in [0.1, 0.15) is 0 Å². The number of amides is 1. The summed E-state index contributed by atoms with van der Waals surface area (Å²) in [7, 11) is 0. The molecule has 1 heterocycles. The predicted molar refractivity (Wildman–Crippen MR) is 55.7 cm³/mol. The molecule has 1 saturated heterocycles. The van der Waals surface area contributed by atoms with E-state index in [0.717, 1.165) is 13.1 Å². The first-order chi connectivity index (χ1) is 6.69. The van der Waals surface area contributed by atoms with Gasteiger partial charge in [-0.25, -0.2) is 0 Å². The molecular formula is C11H20N2O. The Labute approximate surface area is 85.6 Å². The van der Waals surface area contributed by atoms with Crippen LogP contribution in [0.3, 0.4) is 0 Å². The SMILES string of the molecule is CCC1(CN2CC(CN)CC2=O)CC1. The van der Waals surface area contributed by atoms with Crippen LogP contribution >= 0.6 is 0 Å². The van der Waals surface area contributed by atoms with Crippen LogP contribution in [-0.4, -0.2) is 30.4 Å². The summed E-state index contributed by atoms with van der Waals surface area (Å²) in [6, 6.07) is 0. The minimum atomic E-state index is 0.320. The van der Waals surface area contributed by atoms with Gasteiger partial charge in [-0.15, -0.1) is 0 Å². The predicted octanol–water partition coefficient (Wildman–Crippen LogP) is 0.984. The molecule has 14 heavy (non-hydrogen) atoms. The Morgan fingerprint density at radius 1 is 1.57 bits per heavy atom. The van der Waals surface area contributed by atoms with Crippen molar-refractivity contribution >= 4 is 5.91 Å². The van der Waals surface area contributed by atoms with Crippen molar-refractivity contribution in [2.24, 2.45) is 17.1 Å². The largest absolute Gasteiger partial charge is 0.342 e. The van der Waals surface area contributed by atoms with Crippen molar-refractivity contribution in [2.75, 3.05) is 19.6 Å². The number of rotatable bonds is 4. The van der Waals surface area contributed by atoms with Gasteiger partial charge >= 0.3 is 0 Å². The third kappa shape index (κ3) is 1.78. The molecule has 2 fully saturated rings. The summed E-state index contributed by atoms with van der Waals surface area (Å²) < 4.78 is 0. The van der Waals surface area contributed by atoms with Crippen LogP contribution in [0, 0.1) is 11.3 Å². The Hall–Kier alpha value is -0.570. The van der Waals surface area contributed by atoms with Gasteiger partial charge in [-0.1, -0.05) is 6.92 Å². The van der Waals surface area contributed by atoms with E-state index in [1.165, 1.54) is 19.3 Å². The van der Waals surface area contributed by atoms with E-state index in [4.69, 9.17) is 5.73 Å². The quantitative estimate of drug-likeness (QED) is 0.728. The average Bonchev–Trinajstić information content (AvgIpc) is 2.87. The molecule has 1 aliphatic heterocycles. The standard InChI is InChI=1S/C11H20N2O/c1-2-11(3-4-11)8-13-7-9(6-12)5-10(13)14/h9H,2-8,12H2,1H3. The zero-order valence-electron chi connectivity index (χ0n) is 8.96. The van der Waals surface area contributed by atoms with E-state index in [2.05, 4.69) is 6.92 Å². The van der Waals surface area contributed by atoms with E-state index in [-0.39, 0.29) is 0 Å². The van der Waals surface area contributed by atoms with Gasteiger partial charge in [0.15, 0.2) is 0 Å². The summed E-state index contributed by atoms with van der Waals surface area (Å²) in [5.74, 6) is 0.732. The van der Waals surface area contributed by atoms with Crippen molar-refractivity contribution in [1.82, 2.24) is 4.90 Å². The van der Waals surface area contributed by atoms with Crippen LogP contribution in [-0.2, 0) is 4.79 Å². The van der Waals surface area contributed by atoms with Gasteiger partial charge in [0.05, 0.1) is 0 Å². The molecule has 1 saturated carbocycles. The van der Waals surface area contributed by atoms with Crippen LogP contribution in [0.5, 0.6) is 0 Å². The molecule has 2 aliphatic rings.